The van der Waals surface area contributed by atoms with Crippen LogP contribution in [0.2, 0.25) is 0 Å². The van der Waals surface area contributed by atoms with Gasteiger partial charge in [-0.05, 0) is 42.2 Å². The van der Waals surface area contributed by atoms with E-state index in [-0.39, 0.29) is 5.11 Å². The van der Waals surface area contributed by atoms with Crippen molar-refractivity contribution >= 4 is 75.8 Å². The van der Waals surface area contributed by atoms with Crippen LogP contribution in [0.5, 0.6) is 0 Å². The molecule has 0 aromatic carbocycles. The van der Waals surface area contributed by atoms with E-state index >= 15 is 0 Å². The van der Waals surface area contributed by atoms with Crippen molar-refractivity contribution in [2.45, 2.75) is 150 Å². The average Bonchev–Trinajstić information content (AvgIpc) is 3.26. The first kappa shape index (κ1) is 56.3. The predicted octanol–water partition coefficient (Wildman–Crippen LogP) is -8.23. The lowest BCUT2D eigenvalue weighted by atomic mass is 9.94. The summed E-state index contributed by atoms with van der Waals surface area (Å²) in [7, 11) is 0. The van der Waals surface area contributed by atoms with Crippen molar-refractivity contribution in [3.05, 3.63) is 10.4 Å². The summed E-state index contributed by atoms with van der Waals surface area (Å²) >= 11 is 16.2. The highest BCUT2D eigenvalue weighted by atomic mass is 32.1. The molecule has 33 heteroatoms. The molecule has 20 atom stereocenters. The molecule has 0 unspecified atom stereocenters. The fourth-order valence-electron chi connectivity index (χ4n) is 7.63. The van der Waals surface area contributed by atoms with Crippen molar-refractivity contribution in [2.24, 2.45) is 5.11 Å². The van der Waals surface area contributed by atoms with Gasteiger partial charge in [0.05, 0.1) is 37.9 Å². The first-order valence-corrected chi connectivity index (χ1v) is 21.8. The van der Waals surface area contributed by atoms with Gasteiger partial charge in [-0.15, -0.1) is 0 Å². The van der Waals surface area contributed by atoms with Gasteiger partial charge in [0, 0.05) is 32.6 Å². The molecule has 16 N–H and O–H groups in total. The summed E-state index contributed by atoms with van der Waals surface area (Å²) in [4.78, 5) is 50.4. The fraction of sp³-hybridized carbons (Fsp3) is 0.800. The third-order valence-corrected chi connectivity index (χ3v) is 11.5. The Kier molecular flexibility index (Phi) is 21.2. The van der Waals surface area contributed by atoms with Crippen molar-refractivity contribution in [3.63, 3.8) is 0 Å². The van der Waals surface area contributed by atoms with Gasteiger partial charge >= 0.3 is 17.9 Å². The number of amides is 1. The standard InChI is InChI=1S/C35H56N10O20S3/c1-9(49)37-29-24(56)17(21(53)13(5-46)62-29)38-33(66)41-30-25(57)18(22(54)14(6-47)63-30)39-34(67)42-31-26(58)19(23(55)15(7-48)64-31)40-35(68)43-32-28(61-12(4)52)20(44-45-36)27(60-11(3)51)16(65-32)8-59-10(2)50/h13-32,46-48,53-58H,5-8H2,1-4H3,(H,37,49)(H2,38,41,66)(H2,39,42,67)(H2,40,43,68)/t13-,14-,15-,16-,17+,18+,19+,20+,21-,22-,23-,24-,25-,26-,27-,28-,29-,30-,31-,32-/m1/s1. The van der Waals surface area contributed by atoms with E-state index in [1.165, 1.54) is 0 Å². The van der Waals surface area contributed by atoms with Crippen molar-refractivity contribution in [1.29, 1.82) is 0 Å². The highest BCUT2D eigenvalue weighted by Crippen LogP contribution is 2.29. The van der Waals surface area contributed by atoms with E-state index in [1.807, 2.05) is 0 Å². The molecule has 68 heavy (non-hydrogen) atoms. The normalized spacial score (nSPS) is 37.9. The number of thiocarbonyl (C=S) groups is 3. The number of azide groups is 1. The van der Waals surface area contributed by atoms with Crippen LogP contribution in [-0.2, 0) is 52.3 Å². The van der Waals surface area contributed by atoms with E-state index in [9.17, 15) is 70.7 Å². The predicted molar refractivity (Wildman–Crippen MR) is 234 cm³/mol. The summed E-state index contributed by atoms with van der Waals surface area (Å²) in [6.07, 6.45) is -24.7. The quantitative estimate of drug-likeness (QED) is 0.0181. The lowest BCUT2D eigenvalue weighted by Gasteiger charge is -2.46. The maximum absolute atomic E-state index is 12.2. The third-order valence-electron chi connectivity index (χ3n) is 10.7. The van der Waals surface area contributed by atoms with Crippen LogP contribution in [-0.4, -0.2) is 234 Å². The number of esters is 3. The molecule has 4 fully saturated rings. The molecule has 4 saturated heterocycles. The molecule has 0 radical (unpaired) electrons. The van der Waals surface area contributed by atoms with E-state index < -0.39 is 183 Å². The summed E-state index contributed by atoms with van der Waals surface area (Å²) in [5.74, 6) is -3.10. The molecule has 0 spiro atoms. The number of carbonyl (C=O) groups excluding carboxylic acids is 4. The third kappa shape index (κ3) is 14.4. The molecular weight excluding hydrogens is 977 g/mol. The van der Waals surface area contributed by atoms with Crippen LogP contribution in [0.15, 0.2) is 5.11 Å². The Bertz CT molecular complexity index is 1860. The molecule has 4 heterocycles. The minimum atomic E-state index is -1.82. The zero-order chi connectivity index (χ0) is 50.7. The van der Waals surface area contributed by atoms with Gasteiger partial charge in [-0.3, -0.25) is 19.2 Å². The molecular formula is C35H56N10O20S3. The van der Waals surface area contributed by atoms with Crippen LogP contribution >= 0.6 is 36.7 Å². The Hall–Kier alpha value is -4.26. The number of hydrogen-bond acceptors (Lipinski definition) is 24. The van der Waals surface area contributed by atoms with E-state index in [4.69, 9.17) is 69.8 Å². The second kappa shape index (κ2) is 25.6. The number of aliphatic hydroxyl groups excluding tert-OH is 9. The summed E-state index contributed by atoms with van der Waals surface area (Å²) in [6.45, 7) is 1.41. The van der Waals surface area contributed by atoms with Crippen LogP contribution in [0.1, 0.15) is 27.7 Å². The van der Waals surface area contributed by atoms with Crippen molar-refractivity contribution in [3.8, 4) is 0 Å². The number of hydrogen-bond donors (Lipinski definition) is 16. The van der Waals surface area contributed by atoms with Crippen LogP contribution in [0.25, 0.3) is 10.4 Å². The molecule has 1 amide bonds. The summed E-state index contributed by atoms with van der Waals surface area (Å²) in [5, 5.41) is 117. The van der Waals surface area contributed by atoms with Gasteiger partial charge in [0.2, 0.25) is 5.91 Å². The van der Waals surface area contributed by atoms with Crippen LogP contribution < -0.4 is 37.2 Å². The van der Waals surface area contributed by atoms with E-state index in [0.29, 0.717) is 0 Å². The second-order valence-electron chi connectivity index (χ2n) is 15.6. The first-order valence-electron chi connectivity index (χ1n) is 20.6. The highest BCUT2D eigenvalue weighted by Gasteiger charge is 2.52. The molecule has 4 aliphatic rings. The van der Waals surface area contributed by atoms with E-state index in [0.717, 1.165) is 27.7 Å². The number of aliphatic hydroxyl groups is 9. The molecule has 4 aliphatic heterocycles. The van der Waals surface area contributed by atoms with Gasteiger partial charge < -0.3 is 116 Å². The Morgan fingerprint density at radius 2 is 0.882 bits per heavy atom. The highest BCUT2D eigenvalue weighted by molar-refractivity contribution is 7.80. The van der Waals surface area contributed by atoms with Crippen LogP contribution in [0.4, 0.5) is 0 Å². The monoisotopic (exact) mass is 1030 g/mol. The second-order valence-corrected chi connectivity index (χ2v) is 16.9. The van der Waals surface area contributed by atoms with E-state index in [2.05, 4.69) is 47.2 Å². The maximum atomic E-state index is 12.2. The van der Waals surface area contributed by atoms with Gasteiger partial charge in [-0.1, -0.05) is 5.11 Å². The smallest absolute Gasteiger partial charge is 0.303 e. The molecule has 0 aromatic rings. The minimum absolute atomic E-state index is 0.358. The largest absolute Gasteiger partial charge is 0.463 e. The average molecular weight is 1030 g/mol. The number of ether oxygens (including phenoxy) is 7. The lowest BCUT2D eigenvalue weighted by molar-refractivity contribution is -0.219. The van der Waals surface area contributed by atoms with Crippen LogP contribution in [0.3, 0.4) is 0 Å². The molecule has 0 saturated carbocycles. The number of nitrogens with one attached hydrogen (secondary N) is 7. The number of nitrogens with zero attached hydrogens (tertiary/aromatic N) is 3. The summed E-state index contributed by atoms with van der Waals surface area (Å²) in [5.41, 5.74) is 9.40. The van der Waals surface area contributed by atoms with Gasteiger partial charge in [0.1, 0.15) is 79.8 Å². The van der Waals surface area contributed by atoms with Crippen molar-refractivity contribution < 1.29 is 98.3 Å². The van der Waals surface area contributed by atoms with E-state index in [1.54, 1.807) is 0 Å². The summed E-state index contributed by atoms with van der Waals surface area (Å²) in [6, 6.07) is -5.87. The zero-order valence-corrected chi connectivity index (χ0v) is 38.9. The first-order chi connectivity index (χ1) is 32.0. The molecule has 0 aromatic heterocycles. The van der Waals surface area contributed by atoms with Gasteiger partial charge in [0.15, 0.2) is 46.4 Å². The van der Waals surface area contributed by atoms with Crippen LogP contribution in [0, 0.1) is 0 Å². The maximum Gasteiger partial charge on any atom is 0.303 e. The van der Waals surface area contributed by atoms with Gasteiger partial charge in [-0.2, -0.15) is 0 Å². The molecule has 30 nitrogen and oxygen atoms in total. The Balaban J connectivity index is 1.47. The van der Waals surface area contributed by atoms with Gasteiger partial charge in [0.25, 0.3) is 0 Å². The SMILES string of the molecule is CC(=O)N[C@@H]1O[C@H](CO)[C@@H](O)[C@H](NC(=S)N[C@@H]2O[C@H](CO)[C@@H](O)[C@H](NC(=S)N[C@@H]3O[C@H](CO)[C@@H](O)[C@H](NC(=S)N[C@@H]4O[C@H](COC(C)=O)[C@@H](OC(C)=O)[C@H](N=[N+]=[N-])[C@H]4OC(C)=O)[C@H]3O)[C@H]2O)[C@H]1O. The molecule has 0 bridgehead atoms. The fourth-order valence-corrected chi connectivity index (χ4v) is 8.39. The summed E-state index contributed by atoms with van der Waals surface area (Å²) < 4.78 is 38.4. The van der Waals surface area contributed by atoms with Crippen molar-refractivity contribution in [2.75, 3.05) is 26.4 Å². The lowest BCUT2D eigenvalue weighted by Crippen LogP contribution is -2.72. The topological polar surface area (TPSA) is 448 Å². The Morgan fingerprint density at radius 1 is 0.529 bits per heavy atom. The molecule has 384 valence electrons. The molecule has 4 rings (SSSR count). The van der Waals surface area contributed by atoms with Crippen molar-refractivity contribution in [1.82, 2.24) is 37.2 Å². The Labute approximate surface area is 402 Å². The minimum Gasteiger partial charge on any atom is -0.463 e. The number of carbonyl (C=O) groups is 4. The Morgan fingerprint density at radius 3 is 1.22 bits per heavy atom. The molecule has 0 aliphatic carbocycles. The zero-order valence-electron chi connectivity index (χ0n) is 36.5. The van der Waals surface area contributed by atoms with Gasteiger partial charge in [-0.25, -0.2) is 0 Å². The number of rotatable bonds is 15.